The lowest BCUT2D eigenvalue weighted by Gasteiger charge is -2.27. The van der Waals surface area contributed by atoms with Crippen molar-refractivity contribution >= 4 is 17.2 Å². The Morgan fingerprint density at radius 1 is 1.25 bits per heavy atom. The summed E-state index contributed by atoms with van der Waals surface area (Å²) in [6.07, 6.45) is 1.85. The van der Waals surface area contributed by atoms with E-state index < -0.39 is 0 Å². The van der Waals surface area contributed by atoms with Crippen LogP contribution in [0.25, 0.3) is 21.1 Å². The van der Waals surface area contributed by atoms with Crippen LogP contribution in [-0.2, 0) is 16.0 Å². The molecule has 0 spiro atoms. The van der Waals surface area contributed by atoms with Crippen molar-refractivity contribution in [2.45, 2.75) is 38.8 Å². The summed E-state index contributed by atoms with van der Waals surface area (Å²) in [7, 11) is 0. The van der Waals surface area contributed by atoms with E-state index in [0.29, 0.717) is 44.2 Å². The van der Waals surface area contributed by atoms with Crippen LogP contribution in [0.5, 0.6) is 5.75 Å². The number of amides is 1. The maximum absolute atomic E-state index is 12.6. The van der Waals surface area contributed by atoms with Crippen molar-refractivity contribution in [1.82, 2.24) is 20.4 Å². The molecule has 2 aromatic carbocycles. The fraction of sp³-hybridized carbons (Fsp3) is 0.407. The van der Waals surface area contributed by atoms with Gasteiger partial charge in [-0.3, -0.25) is 4.79 Å². The molecule has 9 heteroatoms. The Kier molecular flexibility index (Phi) is 7.28. The Balaban J connectivity index is 1.32. The molecule has 1 N–H and O–H groups in total. The number of benzene rings is 2. The van der Waals surface area contributed by atoms with Gasteiger partial charge in [0.05, 0.1) is 31.4 Å². The van der Waals surface area contributed by atoms with Crippen LogP contribution in [0.4, 0.5) is 0 Å². The number of nitrogens with one attached hydrogen (secondary N) is 1. The summed E-state index contributed by atoms with van der Waals surface area (Å²) < 4.78 is 11.1. The number of nitrogens with zero attached hydrogens (tertiary/aromatic N) is 4. The first-order valence-electron chi connectivity index (χ1n) is 12.3. The van der Waals surface area contributed by atoms with Gasteiger partial charge in [-0.2, -0.15) is 5.26 Å². The number of morpholine rings is 1. The second-order valence-electron chi connectivity index (χ2n) is 9.24. The minimum atomic E-state index is -0.00735. The number of fused-ring (bicyclic) bond motifs is 1. The molecule has 36 heavy (non-hydrogen) atoms. The maximum Gasteiger partial charge on any atom is 0.236 e. The monoisotopic (exact) mass is 503 g/mol. The number of aromatic nitrogens is 2. The van der Waals surface area contributed by atoms with E-state index in [4.69, 9.17) is 9.47 Å². The molecule has 1 atom stereocenters. The third-order valence-corrected chi connectivity index (χ3v) is 7.50. The standard InChI is InChI=1S/C27H29N5O3S/c1-17(2)35-24-9-6-18(14-19(24)15-28)26-30-31-27(36-26)22-5-3-4-21-20(22)7-8-23(21)29-16-25(33)32-10-12-34-13-11-32/h3-6,9,14,17,23,29H,7-8,10-13,16H2,1-2H3. The third kappa shape index (κ3) is 5.12. The van der Waals surface area contributed by atoms with Crippen molar-refractivity contribution in [3.63, 3.8) is 0 Å². The van der Waals surface area contributed by atoms with Gasteiger partial charge in [0.15, 0.2) is 0 Å². The number of rotatable bonds is 7. The van der Waals surface area contributed by atoms with Gasteiger partial charge in [-0.05, 0) is 56.0 Å². The first kappa shape index (κ1) is 24.4. The van der Waals surface area contributed by atoms with Gasteiger partial charge in [0.1, 0.15) is 21.8 Å². The van der Waals surface area contributed by atoms with Crippen LogP contribution < -0.4 is 10.1 Å². The number of ether oxygens (including phenoxy) is 2. The molecule has 1 fully saturated rings. The first-order valence-corrected chi connectivity index (χ1v) is 13.1. The molecule has 0 bridgehead atoms. The summed E-state index contributed by atoms with van der Waals surface area (Å²) in [5, 5.41) is 23.6. The van der Waals surface area contributed by atoms with Gasteiger partial charge in [0, 0.05) is 30.3 Å². The van der Waals surface area contributed by atoms with Crippen molar-refractivity contribution in [3.05, 3.63) is 53.1 Å². The van der Waals surface area contributed by atoms with Crippen molar-refractivity contribution < 1.29 is 14.3 Å². The molecule has 1 aliphatic heterocycles. The second-order valence-corrected chi connectivity index (χ2v) is 10.2. The van der Waals surface area contributed by atoms with Crippen LogP contribution in [0.15, 0.2) is 36.4 Å². The highest BCUT2D eigenvalue weighted by Crippen LogP contribution is 2.40. The molecule has 2 aliphatic rings. The molecule has 1 amide bonds. The van der Waals surface area contributed by atoms with E-state index in [1.807, 2.05) is 43.0 Å². The van der Waals surface area contributed by atoms with Crippen LogP contribution in [0.1, 0.15) is 43.0 Å². The SMILES string of the molecule is CC(C)Oc1ccc(-c2nnc(-c3cccc4c3CCC4NCC(=O)N3CCOCC3)s2)cc1C#N. The number of hydrogen-bond acceptors (Lipinski definition) is 8. The zero-order chi connectivity index (χ0) is 25.1. The predicted octanol–water partition coefficient (Wildman–Crippen LogP) is 3.97. The van der Waals surface area contributed by atoms with Crippen molar-refractivity contribution in [3.8, 4) is 33.0 Å². The van der Waals surface area contributed by atoms with Gasteiger partial charge in [-0.25, -0.2) is 0 Å². The molecule has 3 aromatic rings. The zero-order valence-electron chi connectivity index (χ0n) is 20.5. The largest absolute Gasteiger partial charge is 0.490 e. The molecule has 1 saturated heterocycles. The van der Waals surface area contributed by atoms with E-state index in [2.05, 4.69) is 33.7 Å². The van der Waals surface area contributed by atoms with Crippen molar-refractivity contribution in [1.29, 1.82) is 5.26 Å². The number of carbonyl (C=O) groups excluding carboxylic acids is 1. The summed E-state index contributed by atoms with van der Waals surface area (Å²) in [5.41, 5.74) is 4.90. The normalized spacial score (nSPS) is 17.2. The van der Waals surface area contributed by atoms with Crippen LogP contribution in [0.2, 0.25) is 0 Å². The van der Waals surface area contributed by atoms with Crippen molar-refractivity contribution in [2.24, 2.45) is 0 Å². The molecule has 1 aliphatic carbocycles. The Morgan fingerprint density at radius 2 is 2.06 bits per heavy atom. The maximum atomic E-state index is 12.6. The fourth-order valence-electron chi connectivity index (χ4n) is 4.76. The first-order chi connectivity index (χ1) is 17.5. The van der Waals surface area contributed by atoms with Gasteiger partial charge in [-0.15, -0.1) is 10.2 Å². The molecule has 1 aromatic heterocycles. The Bertz CT molecular complexity index is 1290. The fourth-order valence-corrected chi connectivity index (χ4v) is 5.65. The predicted molar refractivity (Wildman–Crippen MR) is 138 cm³/mol. The second kappa shape index (κ2) is 10.7. The highest BCUT2D eigenvalue weighted by molar-refractivity contribution is 7.17. The van der Waals surface area contributed by atoms with Crippen molar-refractivity contribution in [2.75, 3.05) is 32.8 Å². The Morgan fingerprint density at radius 3 is 2.83 bits per heavy atom. The summed E-state index contributed by atoms with van der Waals surface area (Å²) in [4.78, 5) is 14.4. The molecule has 186 valence electrons. The lowest BCUT2D eigenvalue weighted by molar-refractivity contribution is -0.134. The highest BCUT2D eigenvalue weighted by Gasteiger charge is 2.27. The average Bonchev–Trinajstić information content (AvgIpc) is 3.55. The summed E-state index contributed by atoms with van der Waals surface area (Å²) in [6.45, 7) is 6.75. The van der Waals surface area contributed by atoms with E-state index in [1.165, 1.54) is 22.5 Å². The van der Waals surface area contributed by atoms with Crippen LogP contribution in [0.3, 0.4) is 0 Å². The Hall–Kier alpha value is -3.32. The topological polar surface area (TPSA) is 100 Å². The van der Waals surface area contributed by atoms with Gasteiger partial charge >= 0.3 is 0 Å². The smallest absolute Gasteiger partial charge is 0.236 e. The van der Waals surface area contributed by atoms with E-state index in [1.54, 1.807) is 0 Å². The molecule has 0 saturated carbocycles. The molecular weight excluding hydrogens is 474 g/mol. The molecule has 2 heterocycles. The molecule has 8 nitrogen and oxygen atoms in total. The minimum Gasteiger partial charge on any atom is -0.490 e. The minimum absolute atomic E-state index is 0.00735. The van der Waals surface area contributed by atoms with Gasteiger partial charge in [0.2, 0.25) is 5.91 Å². The summed E-state index contributed by atoms with van der Waals surface area (Å²) in [5.74, 6) is 0.700. The van der Waals surface area contributed by atoms with Crippen LogP contribution >= 0.6 is 11.3 Å². The van der Waals surface area contributed by atoms with Gasteiger partial charge < -0.3 is 19.7 Å². The van der Waals surface area contributed by atoms with Crippen LogP contribution in [0, 0.1) is 11.3 Å². The number of hydrogen-bond donors (Lipinski definition) is 1. The summed E-state index contributed by atoms with van der Waals surface area (Å²) in [6, 6.07) is 14.2. The summed E-state index contributed by atoms with van der Waals surface area (Å²) >= 11 is 1.52. The molecule has 0 radical (unpaired) electrons. The number of carbonyl (C=O) groups is 1. The quantitative estimate of drug-likeness (QED) is 0.521. The van der Waals surface area contributed by atoms with E-state index in [-0.39, 0.29) is 18.1 Å². The Labute approximate surface area is 214 Å². The third-order valence-electron chi connectivity index (χ3n) is 6.50. The number of nitriles is 1. The zero-order valence-corrected chi connectivity index (χ0v) is 21.3. The van der Waals surface area contributed by atoms with Crippen LogP contribution in [-0.4, -0.2) is 60.0 Å². The lowest BCUT2D eigenvalue weighted by Crippen LogP contribution is -2.45. The van der Waals surface area contributed by atoms with Gasteiger partial charge in [0.25, 0.3) is 0 Å². The highest BCUT2D eigenvalue weighted by atomic mass is 32.1. The van der Waals surface area contributed by atoms with E-state index in [9.17, 15) is 10.1 Å². The molecule has 1 unspecified atom stereocenters. The van der Waals surface area contributed by atoms with Gasteiger partial charge in [-0.1, -0.05) is 29.5 Å². The van der Waals surface area contributed by atoms with E-state index >= 15 is 0 Å². The molecular formula is C27H29N5O3S. The lowest BCUT2D eigenvalue weighted by atomic mass is 10.0. The average molecular weight is 504 g/mol. The van der Waals surface area contributed by atoms with E-state index in [0.717, 1.165) is 34.0 Å². The molecule has 5 rings (SSSR count).